The van der Waals surface area contributed by atoms with E-state index < -0.39 is 0 Å². The summed E-state index contributed by atoms with van der Waals surface area (Å²) in [6.45, 7) is 0.518. The van der Waals surface area contributed by atoms with Crippen molar-refractivity contribution in [3.63, 3.8) is 0 Å². The average molecular weight is 334 g/mol. The molecule has 0 fully saturated rings. The number of pyridine rings is 1. The Morgan fingerprint density at radius 2 is 1.96 bits per heavy atom. The Labute approximate surface area is 147 Å². The Hall–Kier alpha value is -2.72. The Kier molecular flexibility index (Phi) is 5.41. The van der Waals surface area contributed by atoms with E-state index in [1.165, 1.54) is 18.2 Å². The summed E-state index contributed by atoms with van der Waals surface area (Å²) in [5.41, 5.74) is 10.5. The van der Waals surface area contributed by atoms with E-state index >= 15 is 0 Å². The maximum absolute atomic E-state index is 11.3. The van der Waals surface area contributed by atoms with E-state index in [-0.39, 0.29) is 5.97 Å². The smallest absolute Gasteiger partial charge is 0.305 e. The molecule has 0 bridgehead atoms. The normalized spacial score (nSPS) is 10.8. The molecular weight excluding hydrogens is 312 g/mol. The highest BCUT2D eigenvalue weighted by Gasteiger charge is 2.07. The van der Waals surface area contributed by atoms with E-state index in [1.54, 1.807) is 6.20 Å². The molecule has 0 saturated heterocycles. The molecule has 25 heavy (non-hydrogen) atoms. The van der Waals surface area contributed by atoms with Crippen LogP contribution in [0.5, 0.6) is 0 Å². The summed E-state index contributed by atoms with van der Waals surface area (Å²) in [6.07, 6.45) is 5.61. The van der Waals surface area contributed by atoms with Gasteiger partial charge in [0.1, 0.15) is 0 Å². The number of ether oxygens (including phenoxy) is 1. The van der Waals surface area contributed by atoms with E-state index in [0.29, 0.717) is 19.4 Å². The van der Waals surface area contributed by atoms with Crippen molar-refractivity contribution in [1.82, 2.24) is 4.98 Å². The van der Waals surface area contributed by atoms with Crippen molar-refractivity contribution in [2.75, 3.05) is 7.11 Å². The van der Waals surface area contributed by atoms with Crippen LogP contribution in [0.2, 0.25) is 0 Å². The SMILES string of the molecule is COC(=O)CCc1cccc(Cc2cc(CN)cc3ccncc23)c1. The molecule has 4 heteroatoms. The van der Waals surface area contributed by atoms with Crippen LogP contribution in [0.4, 0.5) is 0 Å². The Morgan fingerprint density at radius 1 is 1.12 bits per heavy atom. The summed E-state index contributed by atoms with van der Waals surface area (Å²) in [5.74, 6) is -0.182. The summed E-state index contributed by atoms with van der Waals surface area (Å²) in [6, 6.07) is 14.6. The van der Waals surface area contributed by atoms with E-state index in [1.807, 2.05) is 24.4 Å². The number of methoxy groups -OCH3 is 1. The molecule has 0 aliphatic carbocycles. The van der Waals surface area contributed by atoms with Gasteiger partial charge < -0.3 is 10.5 Å². The van der Waals surface area contributed by atoms with Crippen LogP contribution in [-0.4, -0.2) is 18.1 Å². The topological polar surface area (TPSA) is 65.2 Å². The summed E-state index contributed by atoms with van der Waals surface area (Å²) in [5, 5.41) is 2.31. The second kappa shape index (κ2) is 7.90. The van der Waals surface area contributed by atoms with Crippen LogP contribution in [-0.2, 0) is 28.9 Å². The van der Waals surface area contributed by atoms with Crippen LogP contribution >= 0.6 is 0 Å². The third-order valence-electron chi connectivity index (χ3n) is 4.37. The summed E-state index contributed by atoms with van der Waals surface area (Å²) >= 11 is 0. The quantitative estimate of drug-likeness (QED) is 0.702. The predicted octanol–water partition coefficient (Wildman–Crippen LogP) is 3.39. The lowest BCUT2D eigenvalue weighted by atomic mass is 9.95. The van der Waals surface area contributed by atoms with Crippen molar-refractivity contribution >= 4 is 16.7 Å². The molecule has 0 amide bonds. The molecule has 128 valence electrons. The fourth-order valence-corrected chi connectivity index (χ4v) is 3.07. The van der Waals surface area contributed by atoms with E-state index in [2.05, 4.69) is 29.2 Å². The fourth-order valence-electron chi connectivity index (χ4n) is 3.07. The number of nitrogens with two attached hydrogens (primary N) is 1. The van der Waals surface area contributed by atoms with Crippen LogP contribution in [0.25, 0.3) is 10.8 Å². The van der Waals surface area contributed by atoms with E-state index in [9.17, 15) is 4.79 Å². The molecule has 0 aliphatic heterocycles. The zero-order chi connectivity index (χ0) is 17.6. The molecule has 1 aromatic heterocycles. The van der Waals surface area contributed by atoms with Crippen molar-refractivity contribution in [3.8, 4) is 0 Å². The molecular formula is C21H22N2O2. The van der Waals surface area contributed by atoms with Gasteiger partial charge in [-0.1, -0.05) is 30.3 Å². The minimum atomic E-state index is -0.182. The first kappa shape index (κ1) is 17.1. The zero-order valence-electron chi connectivity index (χ0n) is 14.4. The summed E-state index contributed by atoms with van der Waals surface area (Å²) < 4.78 is 4.71. The second-order valence-corrected chi connectivity index (χ2v) is 6.13. The van der Waals surface area contributed by atoms with E-state index in [0.717, 1.165) is 28.3 Å². The molecule has 0 spiro atoms. The number of hydrogen-bond acceptors (Lipinski definition) is 4. The van der Waals surface area contributed by atoms with Gasteiger partial charge in [-0.25, -0.2) is 0 Å². The first-order valence-corrected chi connectivity index (χ1v) is 8.40. The standard InChI is InChI=1S/C21H22N2O2/c1-25-21(24)6-5-15-3-2-4-16(9-15)10-19-12-17(13-22)11-18-7-8-23-14-20(18)19/h2-4,7-9,11-12,14H,5-6,10,13,22H2,1H3. The highest BCUT2D eigenvalue weighted by atomic mass is 16.5. The monoisotopic (exact) mass is 334 g/mol. The van der Waals surface area contributed by atoms with E-state index in [4.69, 9.17) is 10.5 Å². The van der Waals surface area contributed by atoms with Gasteiger partial charge in [0, 0.05) is 30.7 Å². The number of esters is 1. The molecule has 2 N–H and O–H groups in total. The molecule has 0 aliphatic rings. The lowest BCUT2D eigenvalue weighted by Crippen LogP contribution is -2.02. The Morgan fingerprint density at radius 3 is 2.76 bits per heavy atom. The lowest BCUT2D eigenvalue weighted by molar-refractivity contribution is -0.140. The van der Waals surface area contributed by atoms with Crippen molar-refractivity contribution in [2.24, 2.45) is 5.73 Å². The van der Waals surface area contributed by atoms with Crippen LogP contribution in [0.3, 0.4) is 0 Å². The van der Waals surface area contributed by atoms with Gasteiger partial charge >= 0.3 is 5.97 Å². The molecule has 0 atom stereocenters. The number of hydrogen-bond donors (Lipinski definition) is 1. The van der Waals surface area contributed by atoms with Crippen LogP contribution in [0.15, 0.2) is 54.9 Å². The number of aromatic nitrogens is 1. The van der Waals surface area contributed by atoms with Crippen LogP contribution < -0.4 is 5.73 Å². The molecule has 3 rings (SSSR count). The van der Waals surface area contributed by atoms with Crippen molar-refractivity contribution in [1.29, 1.82) is 0 Å². The maximum Gasteiger partial charge on any atom is 0.305 e. The first-order chi connectivity index (χ1) is 12.2. The molecule has 1 heterocycles. The number of carbonyl (C=O) groups is 1. The van der Waals surface area contributed by atoms with Crippen molar-refractivity contribution in [2.45, 2.75) is 25.8 Å². The Balaban J connectivity index is 1.87. The van der Waals surface area contributed by atoms with Gasteiger partial charge in [0.05, 0.1) is 7.11 Å². The molecule has 4 nitrogen and oxygen atoms in total. The molecule has 3 aromatic rings. The maximum atomic E-state index is 11.3. The zero-order valence-corrected chi connectivity index (χ0v) is 14.4. The lowest BCUT2D eigenvalue weighted by Gasteiger charge is -2.10. The Bertz CT molecular complexity index is 890. The van der Waals surface area contributed by atoms with Gasteiger partial charge in [0.2, 0.25) is 0 Å². The average Bonchev–Trinajstić information content (AvgIpc) is 2.66. The largest absolute Gasteiger partial charge is 0.469 e. The second-order valence-electron chi connectivity index (χ2n) is 6.13. The minimum absolute atomic E-state index is 0.182. The summed E-state index contributed by atoms with van der Waals surface area (Å²) in [4.78, 5) is 15.6. The van der Waals surface area contributed by atoms with Crippen LogP contribution in [0, 0.1) is 0 Å². The number of benzene rings is 2. The number of carbonyl (C=O) groups excluding carboxylic acids is 1. The number of aryl methyl sites for hydroxylation is 1. The highest BCUT2D eigenvalue weighted by molar-refractivity contribution is 5.86. The number of fused-ring (bicyclic) bond motifs is 1. The predicted molar refractivity (Wildman–Crippen MR) is 99.2 cm³/mol. The fraction of sp³-hybridized carbons (Fsp3) is 0.238. The van der Waals surface area contributed by atoms with Crippen molar-refractivity contribution in [3.05, 3.63) is 77.1 Å². The van der Waals surface area contributed by atoms with Gasteiger partial charge in [-0.05, 0) is 52.6 Å². The van der Waals surface area contributed by atoms with Gasteiger partial charge in [-0.15, -0.1) is 0 Å². The molecule has 0 unspecified atom stereocenters. The highest BCUT2D eigenvalue weighted by Crippen LogP contribution is 2.23. The minimum Gasteiger partial charge on any atom is -0.469 e. The van der Waals surface area contributed by atoms with Gasteiger partial charge in [-0.3, -0.25) is 9.78 Å². The van der Waals surface area contributed by atoms with Gasteiger partial charge in [0.15, 0.2) is 0 Å². The molecule has 2 aromatic carbocycles. The first-order valence-electron chi connectivity index (χ1n) is 8.40. The molecule has 0 radical (unpaired) electrons. The number of nitrogens with zero attached hydrogens (tertiary/aromatic N) is 1. The van der Waals surface area contributed by atoms with Crippen LogP contribution in [0.1, 0.15) is 28.7 Å². The number of rotatable bonds is 6. The van der Waals surface area contributed by atoms with Gasteiger partial charge in [-0.2, -0.15) is 0 Å². The third-order valence-corrected chi connectivity index (χ3v) is 4.37. The molecule has 0 saturated carbocycles. The van der Waals surface area contributed by atoms with Crippen molar-refractivity contribution < 1.29 is 9.53 Å². The summed E-state index contributed by atoms with van der Waals surface area (Å²) in [7, 11) is 1.42. The third kappa shape index (κ3) is 4.22. The van der Waals surface area contributed by atoms with Gasteiger partial charge in [0.25, 0.3) is 0 Å².